The Morgan fingerprint density at radius 2 is 1.91 bits per heavy atom. The number of aryl methyl sites for hydroxylation is 2. The molecule has 2 rings (SSSR count). The third-order valence-electron chi connectivity index (χ3n) is 3.29. The van der Waals surface area contributed by atoms with Crippen LogP contribution in [0.5, 0.6) is 5.75 Å². The summed E-state index contributed by atoms with van der Waals surface area (Å²) < 4.78 is 5.82. The molecule has 0 radical (unpaired) electrons. The predicted molar refractivity (Wildman–Crippen MR) is 91.8 cm³/mol. The minimum atomic E-state index is 0.0103. The second-order valence-electron chi connectivity index (χ2n) is 5.54. The van der Waals surface area contributed by atoms with Crippen molar-refractivity contribution in [2.45, 2.75) is 40.2 Å². The first kappa shape index (κ1) is 16.6. The number of carbonyl (C=O) groups excluding carboxylic acids is 1. The molecule has 0 atom stereocenters. The van der Waals surface area contributed by atoms with Gasteiger partial charge in [0.05, 0.1) is 4.88 Å². The fourth-order valence-corrected chi connectivity index (χ4v) is 3.03. The zero-order valence-electron chi connectivity index (χ0n) is 13.4. The van der Waals surface area contributed by atoms with E-state index in [-0.39, 0.29) is 5.91 Å². The molecule has 0 bridgehead atoms. The molecule has 118 valence electrons. The van der Waals surface area contributed by atoms with Crippen molar-refractivity contribution < 1.29 is 9.53 Å². The molecule has 1 heterocycles. The van der Waals surface area contributed by atoms with Crippen LogP contribution in [-0.4, -0.2) is 12.5 Å². The minimum Gasteiger partial charge on any atom is -0.489 e. The largest absolute Gasteiger partial charge is 0.489 e. The van der Waals surface area contributed by atoms with E-state index in [0.29, 0.717) is 6.61 Å². The van der Waals surface area contributed by atoms with Crippen LogP contribution in [0.3, 0.4) is 0 Å². The first-order chi connectivity index (χ1) is 10.6. The van der Waals surface area contributed by atoms with Crippen LogP contribution in [0.1, 0.15) is 46.1 Å². The molecule has 1 aromatic carbocycles. The summed E-state index contributed by atoms with van der Waals surface area (Å²) in [7, 11) is 0. The number of hydrogen-bond acceptors (Lipinski definition) is 3. The van der Waals surface area contributed by atoms with Crippen molar-refractivity contribution in [1.29, 1.82) is 0 Å². The quantitative estimate of drug-likeness (QED) is 0.765. The van der Waals surface area contributed by atoms with Crippen molar-refractivity contribution in [1.82, 2.24) is 5.32 Å². The Morgan fingerprint density at radius 3 is 2.59 bits per heavy atom. The van der Waals surface area contributed by atoms with E-state index in [0.717, 1.165) is 35.6 Å². The molecule has 4 heteroatoms. The van der Waals surface area contributed by atoms with Gasteiger partial charge in [-0.25, -0.2) is 0 Å². The van der Waals surface area contributed by atoms with E-state index in [1.165, 1.54) is 22.5 Å². The minimum absolute atomic E-state index is 0.0103. The molecule has 3 nitrogen and oxygen atoms in total. The van der Waals surface area contributed by atoms with E-state index in [9.17, 15) is 4.79 Å². The molecule has 2 aromatic rings. The zero-order valence-corrected chi connectivity index (χ0v) is 14.3. The molecule has 0 aliphatic heterocycles. The molecule has 0 fully saturated rings. The number of amides is 1. The van der Waals surface area contributed by atoms with Gasteiger partial charge in [0.25, 0.3) is 5.91 Å². The molecule has 1 aromatic heterocycles. The Balaban J connectivity index is 1.90. The van der Waals surface area contributed by atoms with E-state index in [4.69, 9.17) is 4.74 Å². The van der Waals surface area contributed by atoms with E-state index < -0.39 is 0 Å². The van der Waals surface area contributed by atoms with Gasteiger partial charge in [0.15, 0.2) is 0 Å². The van der Waals surface area contributed by atoms with Gasteiger partial charge in [-0.1, -0.05) is 19.4 Å². The van der Waals surface area contributed by atoms with Gasteiger partial charge in [-0.15, -0.1) is 11.3 Å². The van der Waals surface area contributed by atoms with E-state index in [1.54, 1.807) is 0 Å². The molecule has 0 spiro atoms. The second kappa shape index (κ2) is 7.99. The summed E-state index contributed by atoms with van der Waals surface area (Å²) in [5.74, 6) is 0.883. The highest BCUT2D eigenvalue weighted by atomic mass is 32.1. The lowest BCUT2D eigenvalue weighted by Crippen LogP contribution is -2.23. The van der Waals surface area contributed by atoms with Crippen LogP contribution in [-0.2, 0) is 6.61 Å². The third-order valence-corrected chi connectivity index (χ3v) is 4.27. The maximum absolute atomic E-state index is 12.0. The molecule has 1 N–H and O–H groups in total. The Hall–Kier alpha value is -1.81. The zero-order chi connectivity index (χ0) is 15.9. The SMILES string of the molecule is CCCCNC(=O)c1cc(COc2cc(C)cc(C)c2)cs1. The van der Waals surface area contributed by atoms with Gasteiger partial charge in [0.1, 0.15) is 12.4 Å². The lowest BCUT2D eigenvalue weighted by Gasteiger charge is -2.07. The average molecular weight is 317 g/mol. The lowest BCUT2D eigenvalue weighted by molar-refractivity contribution is 0.0957. The molecular weight excluding hydrogens is 294 g/mol. The van der Waals surface area contributed by atoms with Gasteiger partial charge in [0, 0.05) is 12.1 Å². The van der Waals surface area contributed by atoms with Crippen LogP contribution in [0.4, 0.5) is 0 Å². The summed E-state index contributed by atoms with van der Waals surface area (Å²) in [5, 5.41) is 4.92. The maximum atomic E-state index is 12.0. The van der Waals surface area contributed by atoms with Crippen molar-refractivity contribution in [2.75, 3.05) is 6.54 Å². The Morgan fingerprint density at radius 1 is 1.18 bits per heavy atom. The average Bonchev–Trinajstić information content (AvgIpc) is 2.93. The highest BCUT2D eigenvalue weighted by Crippen LogP contribution is 2.20. The summed E-state index contributed by atoms with van der Waals surface area (Å²) in [6, 6.07) is 8.08. The number of rotatable bonds is 7. The summed E-state index contributed by atoms with van der Waals surface area (Å²) in [6.07, 6.45) is 2.10. The van der Waals surface area contributed by atoms with Gasteiger partial charge < -0.3 is 10.1 Å². The Kier molecular flexibility index (Phi) is 6.01. The molecule has 0 aliphatic rings. The summed E-state index contributed by atoms with van der Waals surface area (Å²) in [4.78, 5) is 12.7. The normalized spacial score (nSPS) is 10.5. The van der Waals surface area contributed by atoms with E-state index >= 15 is 0 Å². The number of unbranched alkanes of at least 4 members (excludes halogenated alkanes) is 1. The number of thiophene rings is 1. The van der Waals surface area contributed by atoms with Crippen molar-refractivity contribution in [2.24, 2.45) is 0 Å². The smallest absolute Gasteiger partial charge is 0.261 e. The maximum Gasteiger partial charge on any atom is 0.261 e. The molecule has 0 saturated heterocycles. The number of benzene rings is 1. The first-order valence-electron chi connectivity index (χ1n) is 7.65. The number of ether oxygens (including phenoxy) is 1. The van der Waals surface area contributed by atoms with Gasteiger partial charge in [-0.2, -0.15) is 0 Å². The first-order valence-corrected chi connectivity index (χ1v) is 8.53. The highest BCUT2D eigenvalue weighted by Gasteiger charge is 2.09. The van der Waals surface area contributed by atoms with Crippen molar-refractivity contribution in [3.63, 3.8) is 0 Å². The topological polar surface area (TPSA) is 38.3 Å². The Labute approximate surface area is 136 Å². The molecular formula is C18H23NO2S. The van der Waals surface area contributed by atoms with Crippen LogP contribution in [0, 0.1) is 13.8 Å². The molecule has 1 amide bonds. The standard InChI is InChI=1S/C18H23NO2S/c1-4-5-6-19-18(20)17-10-15(12-22-17)11-21-16-8-13(2)7-14(3)9-16/h7-10,12H,4-6,11H2,1-3H3,(H,19,20). The van der Waals surface area contributed by atoms with Gasteiger partial charge in [-0.3, -0.25) is 4.79 Å². The Bertz CT molecular complexity index is 614. The van der Waals surface area contributed by atoms with Crippen molar-refractivity contribution in [3.8, 4) is 5.75 Å². The van der Waals surface area contributed by atoms with Gasteiger partial charge in [0.2, 0.25) is 0 Å². The predicted octanol–water partition coefficient (Wildman–Crippen LogP) is 4.47. The van der Waals surface area contributed by atoms with E-state index in [2.05, 4.69) is 32.2 Å². The molecule has 22 heavy (non-hydrogen) atoms. The third kappa shape index (κ3) is 4.88. The number of carbonyl (C=O) groups is 1. The van der Waals surface area contributed by atoms with Crippen LogP contribution in [0.2, 0.25) is 0 Å². The molecule has 0 aliphatic carbocycles. The summed E-state index contributed by atoms with van der Waals surface area (Å²) >= 11 is 1.47. The fourth-order valence-electron chi connectivity index (χ4n) is 2.22. The van der Waals surface area contributed by atoms with Crippen LogP contribution < -0.4 is 10.1 Å². The van der Waals surface area contributed by atoms with Gasteiger partial charge in [-0.05, 0) is 55.0 Å². The van der Waals surface area contributed by atoms with Crippen molar-refractivity contribution >= 4 is 17.2 Å². The molecule has 0 unspecified atom stereocenters. The second-order valence-corrected chi connectivity index (χ2v) is 6.45. The van der Waals surface area contributed by atoms with E-state index in [1.807, 2.05) is 23.6 Å². The summed E-state index contributed by atoms with van der Waals surface area (Å²) in [6.45, 7) is 7.45. The van der Waals surface area contributed by atoms with Crippen LogP contribution in [0.15, 0.2) is 29.6 Å². The molecule has 0 saturated carbocycles. The number of nitrogens with one attached hydrogen (secondary N) is 1. The van der Waals surface area contributed by atoms with Crippen molar-refractivity contribution in [3.05, 3.63) is 51.2 Å². The highest BCUT2D eigenvalue weighted by molar-refractivity contribution is 7.12. The fraction of sp³-hybridized carbons (Fsp3) is 0.389. The van der Waals surface area contributed by atoms with Crippen LogP contribution >= 0.6 is 11.3 Å². The summed E-state index contributed by atoms with van der Waals surface area (Å²) in [5.41, 5.74) is 3.41. The lowest BCUT2D eigenvalue weighted by atomic mass is 10.1. The number of hydrogen-bond donors (Lipinski definition) is 1. The monoisotopic (exact) mass is 317 g/mol. The van der Waals surface area contributed by atoms with Crippen LogP contribution in [0.25, 0.3) is 0 Å². The van der Waals surface area contributed by atoms with Gasteiger partial charge >= 0.3 is 0 Å².